The third kappa shape index (κ3) is 3.01. The number of hydrogen-bond donors (Lipinski definition) is 1. The first-order valence-electron chi connectivity index (χ1n) is 7.95. The normalized spacial score (nSPS) is 24.5. The highest BCUT2D eigenvalue weighted by molar-refractivity contribution is 5.36. The largest absolute Gasteiger partial charge is 0.489 e. The molecular weight excluding hydrogens is 246 g/mol. The van der Waals surface area contributed by atoms with Gasteiger partial charge in [-0.25, -0.2) is 0 Å². The molecule has 112 valence electrons. The zero-order chi connectivity index (χ0) is 14.8. The highest BCUT2D eigenvalue weighted by atomic mass is 16.5. The molecule has 1 aliphatic rings. The summed E-state index contributed by atoms with van der Waals surface area (Å²) in [6.45, 7) is 12.4. The van der Waals surface area contributed by atoms with E-state index in [2.05, 4.69) is 64.2 Å². The third-order valence-electron chi connectivity index (χ3n) is 4.63. The summed E-state index contributed by atoms with van der Waals surface area (Å²) in [7, 11) is 0. The molecule has 1 aromatic rings. The van der Waals surface area contributed by atoms with Crippen LogP contribution in [0.3, 0.4) is 0 Å². The van der Waals surface area contributed by atoms with E-state index in [0.29, 0.717) is 18.1 Å². The summed E-state index contributed by atoms with van der Waals surface area (Å²) in [4.78, 5) is 0. The molecule has 0 amide bonds. The molecule has 1 saturated carbocycles. The molecule has 2 heteroatoms. The molecule has 20 heavy (non-hydrogen) atoms. The SMILES string of the molecule is CCCNC1CC(Oc2ccccc2C(C)C)C1(C)C. The molecule has 1 aromatic carbocycles. The average Bonchev–Trinajstić information content (AvgIpc) is 2.42. The number of rotatable bonds is 6. The van der Waals surface area contributed by atoms with Crippen LogP contribution >= 0.6 is 0 Å². The van der Waals surface area contributed by atoms with Crippen LogP contribution < -0.4 is 10.1 Å². The van der Waals surface area contributed by atoms with E-state index in [1.807, 2.05) is 0 Å². The number of benzene rings is 1. The van der Waals surface area contributed by atoms with Gasteiger partial charge in [0, 0.05) is 17.9 Å². The van der Waals surface area contributed by atoms with Gasteiger partial charge >= 0.3 is 0 Å². The highest BCUT2D eigenvalue weighted by Gasteiger charge is 2.49. The van der Waals surface area contributed by atoms with Gasteiger partial charge in [-0.15, -0.1) is 0 Å². The van der Waals surface area contributed by atoms with Gasteiger partial charge in [0.2, 0.25) is 0 Å². The van der Waals surface area contributed by atoms with Crippen molar-refractivity contribution in [2.24, 2.45) is 5.41 Å². The van der Waals surface area contributed by atoms with Crippen molar-refractivity contribution in [3.8, 4) is 5.75 Å². The maximum Gasteiger partial charge on any atom is 0.123 e. The molecular formula is C18H29NO. The zero-order valence-electron chi connectivity index (χ0n) is 13.6. The lowest BCUT2D eigenvalue weighted by Crippen LogP contribution is -2.62. The Labute approximate surface area is 123 Å². The first-order chi connectivity index (χ1) is 9.46. The van der Waals surface area contributed by atoms with Gasteiger partial charge in [-0.3, -0.25) is 0 Å². The number of ether oxygens (including phenoxy) is 1. The van der Waals surface area contributed by atoms with Crippen LogP contribution in [0.2, 0.25) is 0 Å². The Morgan fingerprint density at radius 1 is 1.30 bits per heavy atom. The Hall–Kier alpha value is -1.02. The van der Waals surface area contributed by atoms with Crippen molar-refractivity contribution in [3.63, 3.8) is 0 Å². The maximum absolute atomic E-state index is 6.33. The molecule has 2 nitrogen and oxygen atoms in total. The van der Waals surface area contributed by atoms with Crippen LogP contribution in [0.4, 0.5) is 0 Å². The van der Waals surface area contributed by atoms with Crippen molar-refractivity contribution in [2.45, 2.75) is 65.5 Å². The molecule has 1 fully saturated rings. The summed E-state index contributed by atoms with van der Waals surface area (Å²) in [5.74, 6) is 1.57. The van der Waals surface area contributed by atoms with E-state index in [-0.39, 0.29) is 5.41 Å². The van der Waals surface area contributed by atoms with Crippen molar-refractivity contribution in [3.05, 3.63) is 29.8 Å². The van der Waals surface area contributed by atoms with Crippen LogP contribution in [-0.2, 0) is 0 Å². The second kappa shape index (κ2) is 6.17. The highest BCUT2D eigenvalue weighted by Crippen LogP contribution is 2.44. The predicted molar refractivity (Wildman–Crippen MR) is 85.4 cm³/mol. The van der Waals surface area contributed by atoms with E-state index in [1.54, 1.807) is 0 Å². The Morgan fingerprint density at radius 3 is 2.60 bits per heavy atom. The molecule has 0 heterocycles. The molecule has 0 aromatic heterocycles. The Morgan fingerprint density at radius 2 is 2.00 bits per heavy atom. The van der Waals surface area contributed by atoms with E-state index < -0.39 is 0 Å². The van der Waals surface area contributed by atoms with Gasteiger partial charge in [-0.05, 0) is 30.5 Å². The molecule has 0 bridgehead atoms. The molecule has 1 N–H and O–H groups in total. The van der Waals surface area contributed by atoms with Crippen molar-refractivity contribution >= 4 is 0 Å². The van der Waals surface area contributed by atoms with Gasteiger partial charge in [-0.1, -0.05) is 52.8 Å². The molecule has 0 radical (unpaired) electrons. The fourth-order valence-electron chi connectivity index (χ4n) is 2.97. The lowest BCUT2D eigenvalue weighted by Gasteiger charge is -2.52. The number of para-hydroxylation sites is 1. The monoisotopic (exact) mass is 275 g/mol. The Balaban J connectivity index is 2.02. The van der Waals surface area contributed by atoms with E-state index in [4.69, 9.17) is 4.74 Å². The summed E-state index contributed by atoms with van der Waals surface area (Å²) in [6, 6.07) is 9.04. The summed E-state index contributed by atoms with van der Waals surface area (Å²) in [5, 5.41) is 3.63. The van der Waals surface area contributed by atoms with Gasteiger partial charge < -0.3 is 10.1 Å². The van der Waals surface area contributed by atoms with E-state index >= 15 is 0 Å². The third-order valence-corrected chi connectivity index (χ3v) is 4.63. The number of nitrogens with one attached hydrogen (secondary N) is 1. The van der Waals surface area contributed by atoms with E-state index in [1.165, 1.54) is 12.0 Å². The summed E-state index contributed by atoms with van der Waals surface area (Å²) < 4.78 is 6.33. The fraction of sp³-hybridized carbons (Fsp3) is 0.667. The maximum atomic E-state index is 6.33. The standard InChI is InChI=1S/C18H29NO/c1-6-11-19-16-12-17(18(16,4)5)20-15-10-8-7-9-14(15)13(2)3/h7-10,13,16-17,19H,6,11-12H2,1-5H3. The molecule has 1 aliphatic carbocycles. The van der Waals surface area contributed by atoms with Crippen molar-refractivity contribution in [1.29, 1.82) is 0 Å². The average molecular weight is 275 g/mol. The van der Waals surface area contributed by atoms with Crippen molar-refractivity contribution < 1.29 is 4.74 Å². The summed E-state index contributed by atoms with van der Waals surface area (Å²) >= 11 is 0. The fourth-order valence-corrected chi connectivity index (χ4v) is 2.97. The van der Waals surface area contributed by atoms with Crippen molar-refractivity contribution in [2.75, 3.05) is 6.54 Å². The Bertz CT molecular complexity index is 439. The lowest BCUT2D eigenvalue weighted by molar-refractivity contribution is -0.0551. The van der Waals surface area contributed by atoms with Crippen LogP contribution in [0, 0.1) is 5.41 Å². The molecule has 0 spiro atoms. The Kier molecular flexibility index (Phi) is 4.74. The van der Waals surface area contributed by atoms with Crippen LogP contribution in [0.25, 0.3) is 0 Å². The van der Waals surface area contributed by atoms with E-state index in [9.17, 15) is 0 Å². The van der Waals surface area contributed by atoms with Gasteiger partial charge in [-0.2, -0.15) is 0 Å². The molecule has 0 aliphatic heterocycles. The van der Waals surface area contributed by atoms with Gasteiger partial charge in [0.25, 0.3) is 0 Å². The summed E-state index contributed by atoms with van der Waals surface area (Å²) in [5.41, 5.74) is 1.52. The second-order valence-corrected chi connectivity index (χ2v) is 6.86. The second-order valence-electron chi connectivity index (χ2n) is 6.86. The van der Waals surface area contributed by atoms with Gasteiger partial charge in [0.1, 0.15) is 11.9 Å². The van der Waals surface area contributed by atoms with Crippen LogP contribution in [0.1, 0.15) is 58.9 Å². The molecule has 2 rings (SSSR count). The minimum atomic E-state index is 0.208. The van der Waals surface area contributed by atoms with E-state index in [0.717, 1.165) is 18.7 Å². The van der Waals surface area contributed by atoms with Crippen LogP contribution in [-0.4, -0.2) is 18.7 Å². The smallest absolute Gasteiger partial charge is 0.123 e. The van der Waals surface area contributed by atoms with Gasteiger partial charge in [0.05, 0.1) is 0 Å². The molecule has 0 saturated heterocycles. The first-order valence-corrected chi connectivity index (χ1v) is 7.95. The molecule has 2 atom stereocenters. The molecule has 2 unspecified atom stereocenters. The van der Waals surface area contributed by atoms with Crippen molar-refractivity contribution in [1.82, 2.24) is 5.32 Å². The first kappa shape index (κ1) is 15.4. The van der Waals surface area contributed by atoms with Crippen LogP contribution in [0.15, 0.2) is 24.3 Å². The quantitative estimate of drug-likeness (QED) is 0.833. The predicted octanol–water partition coefficient (Wildman–Crippen LogP) is 4.36. The lowest BCUT2D eigenvalue weighted by atomic mass is 9.64. The topological polar surface area (TPSA) is 21.3 Å². The zero-order valence-corrected chi connectivity index (χ0v) is 13.6. The minimum Gasteiger partial charge on any atom is -0.489 e. The summed E-state index contributed by atoms with van der Waals surface area (Å²) in [6.07, 6.45) is 2.62. The van der Waals surface area contributed by atoms with Crippen LogP contribution in [0.5, 0.6) is 5.75 Å². The van der Waals surface area contributed by atoms with Gasteiger partial charge in [0.15, 0.2) is 0 Å². The number of hydrogen-bond acceptors (Lipinski definition) is 2. The minimum absolute atomic E-state index is 0.208.